The molecule has 0 spiro atoms. The second kappa shape index (κ2) is 6.87. The number of benzene rings is 1. The van der Waals surface area contributed by atoms with E-state index in [0.29, 0.717) is 0 Å². The summed E-state index contributed by atoms with van der Waals surface area (Å²) in [5.74, 6) is 0.997. The number of hydrogen-bond acceptors (Lipinski definition) is 2. The Hall–Kier alpha value is -0.730. The van der Waals surface area contributed by atoms with E-state index < -0.39 is 0 Å². The molecule has 0 radical (unpaired) electrons. The van der Waals surface area contributed by atoms with Crippen molar-refractivity contribution in [3.8, 4) is 0 Å². The van der Waals surface area contributed by atoms with Gasteiger partial charge in [0.2, 0.25) is 0 Å². The first-order valence-corrected chi connectivity index (χ1v) is 7.42. The molecule has 1 heterocycles. The summed E-state index contributed by atoms with van der Waals surface area (Å²) in [5, 5.41) is 0. The highest BCUT2D eigenvalue weighted by Gasteiger charge is 2.12. The van der Waals surface area contributed by atoms with Crippen molar-refractivity contribution in [3.63, 3.8) is 0 Å². The number of piperidine rings is 1. The first-order valence-electron chi connectivity index (χ1n) is 6.44. The van der Waals surface area contributed by atoms with E-state index in [2.05, 4.69) is 35.7 Å². The molecule has 0 amide bonds. The van der Waals surface area contributed by atoms with E-state index in [-0.39, 0.29) is 0 Å². The van der Waals surface area contributed by atoms with Crippen LogP contribution < -0.4 is 0 Å². The molecule has 0 bridgehead atoms. The zero-order chi connectivity index (χ0) is 11.9. The van der Waals surface area contributed by atoms with Crippen molar-refractivity contribution < 1.29 is 0 Å². The highest BCUT2D eigenvalue weighted by atomic mass is 32.2. The molecule has 1 aliphatic heterocycles. The van der Waals surface area contributed by atoms with Gasteiger partial charge >= 0.3 is 0 Å². The van der Waals surface area contributed by atoms with E-state index in [4.69, 9.17) is 0 Å². The van der Waals surface area contributed by atoms with Crippen LogP contribution in [0.4, 0.5) is 0 Å². The Morgan fingerprint density at radius 2 is 1.94 bits per heavy atom. The third-order valence-corrected chi connectivity index (χ3v) is 4.28. The third-order valence-electron chi connectivity index (χ3n) is 3.17. The van der Waals surface area contributed by atoms with Crippen molar-refractivity contribution in [2.75, 3.05) is 18.8 Å². The lowest BCUT2D eigenvalue weighted by Crippen LogP contribution is -2.29. The van der Waals surface area contributed by atoms with Crippen LogP contribution in [0.2, 0.25) is 0 Å². The lowest BCUT2D eigenvalue weighted by atomic mass is 10.1. The second-order valence-electron chi connectivity index (χ2n) is 4.54. The largest absolute Gasteiger partial charge is 0.299 e. The van der Waals surface area contributed by atoms with Crippen LogP contribution in [0.5, 0.6) is 0 Å². The summed E-state index contributed by atoms with van der Waals surface area (Å²) in [7, 11) is 0. The summed E-state index contributed by atoms with van der Waals surface area (Å²) in [5.41, 5.74) is 1.47. The first kappa shape index (κ1) is 12.7. The average molecular weight is 247 g/mol. The number of nitrogens with zero attached hydrogens (tertiary/aromatic N) is 1. The SMILES string of the molecule is C=CCSc1ccccc1CN1CCCCC1. The van der Waals surface area contributed by atoms with E-state index in [1.54, 1.807) is 0 Å². The summed E-state index contributed by atoms with van der Waals surface area (Å²) >= 11 is 1.89. The van der Waals surface area contributed by atoms with Crippen molar-refractivity contribution >= 4 is 11.8 Å². The van der Waals surface area contributed by atoms with Gasteiger partial charge < -0.3 is 0 Å². The molecule has 1 aromatic carbocycles. The van der Waals surface area contributed by atoms with Crippen LogP contribution in [0, 0.1) is 0 Å². The molecule has 1 aliphatic rings. The molecule has 17 heavy (non-hydrogen) atoms. The van der Waals surface area contributed by atoms with Crippen LogP contribution in [0.15, 0.2) is 41.8 Å². The first-order chi connectivity index (χ1) is 8.40. The van der Waals surface area contributed by atoms with Crippen molar-refractivity contribution in [1.82, 2.24) is 4.90 Å². The van der Waals surface area contributed by atoms with Crippen LogP contribution in [0.3, 0.4) is 0 Å². The van der Waals surface area contributed by atoms with Crippen molar-refractivity contribution in [1.29, 1.82) is 0 Å². The monoisotopic (exact) mass is 247 g/mol. The van der Waals surface area contributed by atoms with E-state index >= 15 is 0 Å². The van der Waals surface area contributed by atoms with Gasteiger partial charge in [-0.25, -0.2) is 0 Å². The Kier molecular flexibility index (Phi) is 5.14. The van der Waals surface area contributed by atoms with Gasteiger partial charge in [-0.05, 0) is 37.6 Å². The predicted molar refractivity (Wildman–Crippen MR) is 76.5 cm³/mol. The average Bonchev–Trinajstić information content (AvgIpc) is 2.39. The molecule has 2 heteroatoms. The van der Waals surface area contributed by atoms with Gasteiger partial charge in [0.05, 0.1) is 0 Å². The van der Waals surface area contributed by atoms with Crippen LogP contribution in [-0.4, -0.2) is 23.7 Å². The molecule has 1 saturated heterocycles. The molecule has 1 nitrogen and oxygen atoms in total. The van der Waals surface area contributed by atoms with Gasteiger partial charge in [-0.2, -0.15) is 0 Å². The highest BCUT2D eigenvalue weighted by Crippen LogP contribution is 2.24. The fourth-order valence-electron chi connectivity index (χ4n) is 2.28. The third kappa shape index (κ3) is 3.90. The minimum Gasteiger partial charge on any atom is -0.299 e. The van der Waals surface area contributed by atoms with Crippen molar-refractivity contribution in [2.24, 2.45) is 0 Å². The van der Waals surface area contributed by atoms with Crippen LogP contribution >= 0.6 is 11.8 Å². The minimum atomic E-state index is 0.997. The number of rotatable bonds is 5. The molecule has 0 aliphatic carbocycles. The Morgan fingerprint density at radius 3 is 2.71 bits per heavy atom. The summed E-state index contributed by atoms with van der Waals surface area (Å²) < 4.78 is 0. The van der Waals surface area contributed by atoms with E-state index in [0.717, 1.165) is 12.3 Å². The summed E-state index contributed by atoms with van der Waals surface area (Å²) in [6, 6.07) is 8.77. The van der Waals surface area contributed by atoms with E-state index in [9.17, 15) is 0 Å². The van der Waals surface area contributed by atoms with Crippen LogP contribution in [0.25, 0.3) is 0 Å². The molecule has 0 saturated carbocycles. The maximum absolute atomic E-state index is 3.79. The van der Waals surface area contributed by atoms with Crippen LogP contribution in [-0.2, 0) is 6.54 Å². The fraction of sp³-hybridized carbons (Fsp3) is 0.467. The Bertz CT molecular complexity index is 356. The number of likely N-dealkylation sites (tertiary alicyclic amines) is 1. The Morgan fingerprint density at radius 1 is 1.18 bits per heavy atom. The van der Waals surface area contributed by atoms with Gasteiger partial charge in [0, 0.05) is 17.2 Å². The quantitative estimate of drug-likeness (QED) is 0.572. The van der Waals surface area contributed by atoms with Gasteiger partial charge in [0.1, 0.15) is 0 Å². The zero-order valence-corrected chi connectivity index (χ0v) is 11.2. The Labute approximate surface area is 109 Å². The van der Waals surface area contributed by atoms with Gasteiger partial charge in [-0.3, -0.25) is 4.90 Å². The molecule has 0 atom stereocenters. The molecular weight excluding hydrogens is 226 g/mol. The van der Waals surface area contributed by atoms with Gasteiger partial charge in [0.25, 0.3) is 0 Å². The minimum absolute atomic E-state index is 0.997. The topological polar surface area (TPSA) is 3.24 Å². The second-order valence-corrected chi connectivity index (χ2v) is 5.61. The molecular formula is C15H21NS. The molecule has 2 rings (SSSR count). The maximum atomic E-state index is 3.79. The molecule has 0 unspecified atom stereocenters. The van der Waals surface area contributed by atoms with Gasteiger partial charge in [-0.15, -0.1) is 18.3 Å². The molecule has 92 valence electrons. The maximum Gasteiger partial charge on any atom is 0.0244 e. The standard InChI is InChI=1S/C15H21NS/c1-2-12-17-15-9-5-4-8-14(15)13-16-10-6-3-7-11-16/h2,4-5,8-9H,1,3,6-7,10-13H2. The summed E-state index contributed by atoms with van der Waals surface area (Å²) in [6.45, 7) is 7.43. The van der Waals surface area contributed by atoms with E-state index in [1.807, 2.05) is 17.8 Å². The molecule has 1 aromatic rings. The summed E-state index contributed by atoms with van der Waals surface area (Å²) in [4.78, 5) is 3.99. The van der Waals surface area contributed by atoms with Crippen molar-refractivity contribution in [2.45, 2.75) is 30.7 Å². The normalized spacial score (nSPS) is 16.9. The molecule has 0 aromatic heterocycles. The lowest BCUT2D eigenvalue weighted by Gasteiger charge is -2.27. The zero-order valence-electron chi connectivity index (χ0n) is 10.4. The smallest absolute Gasteiger partial charge is 0.0244 e. The number of hydrogen-bond donors (Lipinski definition) is 0. The highest BCUT2D eigenvalue weighted by molar-refractivity contribution is 7.99. The van der Waals surface area contributed by atoms with Gasteiger partial charge in [-0.1, -0.05) is 30.7 Å². The number of thioether (sulfide) groups is 1. The van der Waals surface area contributed by atoms with E-state index in [1.165, 1.54) is 42.8 Å². The molecule has 1 fully saturated rings. The Balaban J connectivity index is 2.00. The fourth-order valence-corrected chi connectivity index (χ4v) is 3.07. The summed E-state index contributed by atoms with van der Waals surface area (Å²) in [6.07, 6.45) is 6.11. The van der Waals surface area contributed by atoms with Gasteiger partial charge in [0.15, 0.2) is 0 Å². The predicted octanol–water partition coefficient (Wildman–Crippen LogP) is 3.95. The van der Waals surface area contributed by atoms with Crippen molar-refractivity contribution in [3.05, 3.63) is 42.5 Å². The van der Waals surface area contributed by atoms with Crippen LogP contribution in [0.1, 0.15) is 24.8 Å². The lowest BCUT2D eigenvalue weighted by molar-refractivity contribution is 0.219. The molecule has 0 N–H and O–H groups in total.